The molecule has 14 heavy (non-hydrogen) atoms. The second-order valence-corrected chi connectivity index (χ2v) is 3.29. The Kier molecular flexibility index (Phi) is 4.19. The summed E-state index contributed by atoms with van der Waals surface area (Å²) in [5.74, 6) is 0.0746. The molecule has 4 heteroatoms. The molecular weight excluding hydrogens is 178 g/mol. The molecule has 0 spiro atoms. The van der Waals surface area contributed by atoms with Gasteiger partial charge in [-0.25, -0.2) is 0 Å². The van der Waals surface area contributed by atoms with Gasteiger partial charge in [0.05, 0.1) is 0 Å². The topological polar surface area (TPSA) is 46.1 Å². The minimum atomic E-state index is 0.0746. The molecule has 0 saturated heterocycles. The average molecular weight is 195 g/mol. The van der Waals surface area contributed by atoms with Crippen LogP contribution in [-0.4, -0.2) is 24.1 Å². The lowest BCUT2D eigenvalue weighted by atomic mass is 10.3. The number of nitrogens with one attached hydrogen (secondary N) is 2. The van der Waals surface area contributed by atoms with E-state index in [1.807, 2.05) is 17.8 Å². The van der Waals surface area contributed by atoms with Crippen LogP contribution in [-0.2, 0) is 18.4 Å². The second kappa shape index (κ2) is 5.44. The molecule has 0 bridgehead atoms. The van der Waals surface area contributed by atoms with Gasteiger partial charge in [0.1, 0.15) is 0 Å². The fraction of sp³-hybridized carbons (Fsp3) is 0.500. The van der Waals surface area contributed by atoms with E-state index >= 15 is 0 Å². The van der Waals surface area contributed by atoms with Crippen LogP contribution in [0.3, 0.4) is 0 Å². The zero-order valence-corrected chi connectivity index (χ0v) is 8.71. The van der Waals surface area contributed by atoms with Gasteiger partial charge in [-0.2, -0.15) is 0 Å². The van der Waals surface area contributed by atoms with Crippen LogP contribution in [0.2, 0.25) is 0 Å². The highest BCUT2D eigenvalue weighted by atomic mass is 16.1. The number of aryl methyl sites for hydroxylation is 1. The minimum Gasteiger partial charge on any atom is -0.359 e. The highest BCUT2D eigenvalue weighted by Crippen LogP contribution is 1.97. The molecule has 0 radical (unpaired) electrons. The molecule has 1 aromatic heterocycles. The summed E-state index contributed by atoms with van der Waals surface area (Å²) in [7, 11) is 3.65. The van der Waals surface area contributed by atoms with Crippen LogP contribution in [0, 0.1) is 0 Å². The van der Waals surface area contributed by atoms with Crippen molar-refractivity contribution in [1.82, 2.24) is 15.2 Å². The highest BCUT2D eigenvalue weighted by molar-refractivity contribution is 5.75. The summed E-state index contributed by atoms with van der Waals surface area (Å²) in [4.78, 5) is 10.9. The van der Waals surface area contributed by atoms with E-state index in [1.54, 1.807) is 7.05 Å². The molecular formula is C10H17N3O. The van der Waals surface area contributed by atoms with Crippen LogP contribution >= 0.6 is 0 Å². The summed E-state index contributed by atoms with van der Waals surface area (Å²) in [5.41, 5.74) is 1.24. The normalized spacial score (nSPS) is 10.1. The van der Waals surface area contributed by atoms with Gasteiger partial charge >= 0.3 is 0 Å². The molecule has 0 atom stereocenters. The fourth-order valence-corrected chi connectivity index (χ4v) is 1.23. The first-order valence-electron chi connectivity index (χ1n) is 4.74. The number of nitrogens with zero attached hydrogens (tertiary/aromatic N) is 1. The number of hydrogen-bond acceptors (Lipinski definition) is 2. The molecule has 1 rings (SSSR count). The Bertz CT molecular complexity index is 293. The molecule has 0 aliphatic heterocycles. The van der Waals surface area contributed by atoms with E-state index in [4.69, 9.17) is 0 Å². The van der Waals surface area contributed by atoms with Crippen molar-refractivity contribution >= 4 is 5.91 Å². The zero-order valence-electron chi connectivity index (χ0n) is 8.71. The maximum atomic E-state index is 10.9. The van der Waals surface area contributed by atoms with Gasteiger partial charge in [-0.05, 0) is 11.6 Å². The molecule has 0 fully saturated rings. The summed E-state index contributed by atoms with van der Waals surface area (Å²) in [6.07, 6.45) is 4.60. The van der Waals surface area contributed by atoms with Crippen LogP contribution in [0.5, 0.6) is 0 Å². The van der Waals surface area contributed by atoms with Crippen LogP contribution in [0.4, 0.5) is 0 Å². The molecule has 0 aromatic carbocycles. The van der Waals surface area contributed by atoms with Gasteiger partial charge in [0.2, 0.25) is 5.91 Å². The lowest BCUT2D eigenvalue weighted by molar-refractivity contribution is -0.120. The molecule has 1 aromatic rings. The standard InChI is InChI=1S/C10H17N3O/c1-11-10(14)3-5-12-7-9-4-6-13(2)8-9/h4,6,8,12H,3,5,7H2,1-2H3,(H,11,14). The average Bonchev–Trinajstić information content (AvgIpc) is 2.58. The molecule has 0 aliphatic rings. The molecule has 0 aliphatic carbocycles. The molecule has 0 unspecified atom stereocenters. The predicted octanol–water partition coefficient (Wildman–Crippen LogP) is 0.251. The van der Waals surface area contributed by atoms with Gasteiger partial charge in [-0.1, -0.05) is 0 Å². The first-order valence-corrected chi connectivity index (χ1v) is 4.74. The van der Waals surface area contributed by atoms with Gasteiger partial charge < -0.3 is 15.2 Å². The second-order valence-electron chi connectivity index (χ2n) is 3.29. The maximum absolute atomic E-state index is 10.9. The van der Waals surface area contributed by atoms with Gasteiger partial charge in [0, 0.05) is 46.0 Å². The Labute approximate surface area is 84.3 Å². The van der Waals surface area contributed by atoms with Crippen LogP contribution in [0.1, 0.15) is 12.0 Å². The Morgan fingerprint density at radius 3 is 2.93 bits per heavy atom. The summed E-state index contributed by atoms with van der Waals surface area (Å²) >= 11 is 0. The van der Waals surface area contributed by atoms with Crippen molar-refractivity contribution in [2.45, 2.75) is 13.0 Å². The van der Waals surface area contributed by atoms with Crippen LogP contribution in [0.25, 0.3) is 0 Å². The SMILES string of the molecule is CNC(=O)CCNCc1ccn(C)c1. The lowest BCUT2D eigenvalue weighted by Gasteiger charge is -2.02. The van der Waals surface area contributed by atoms with Crippen molar-refractivity contribution in [3.05, 3.63) is 24.0 Å². The Morgan fingerprint density at radius 1 is 1.57 bits per heavy atom. The van der Waals surface area contributed by atoms with E-state index in [-0.39, 0.29) is 5.91 Å². The maximum Gasteiger partial charge on any atom is 0.221 e. The lowest BCUT2D eigenvalue weighted by Crippen LogP contribution is -2.24. The number of carbonyl (C=O) groups is 1. The van der Waals surface area contributed by atoms with E-state index in [9.17, 15) is 4.79 Å². The number of rotatable bonds is 5. The highest BCUT2D eigenvalue weighted by Gasteiger charge is 1.97. The van der Waals surface area contributed by atoms with Gasteiger partial charge in [0.25, 0.3) is 0 Å². The summed E-state index contributed by atoms with van der Waals surface area (Å²) in [6, 6.07) is 2.06. The van der Waals surface area contributed by atoms with Crippen molar-refractivity contribution < 1.29 is 4.79 Å². The van der Waals surface area contributed by atoms with Crippen molar-refractivity contribution in [1.29, 1.82) is 0 Å². The predicted molar refractivity (Wildman–Crippen MR) is 55.8 cm³/mol. The van der Waals surface area contributed by atoms with Crippen molar-refractivity contribution in [2.75, 3.05) is 13.6 Å². The molecule has 4 nitrogen and oxygen atoms in total. The smallest absolute Gasteiger partial charge is 0.221 e. The van der Waals surface area contributed by atoms with E-state index in [2.05, 4.69) is 22.9 Å². The Morgan fingerprint density at radius 2 is 2.36 bits per heavy atom. The number of aromatic nitrogens is 1. The molecule has 1 amide bonds. The largest absolute Gasteiger partial charge is 0.359 e. The molecule has 78 valence electrons. The van der Waals surface area contributed by atoms with Gasteiger partial charge in [-0.3, -0.25) is 4.79 Å². The quantitative estimate of drug-likeness (QED) is 0.662. The molecule has 2 N–H and O–H groups in total. The summed E-state index contributed by atoms with van der Waals surface area (Å²) in [5, 5.41) is 5.79. The minimum absolute atomic E-state index is 0.0746. The van der Waals surface area contributed by atoms with E-state index in [0.29, 0.717) is 13.0 Å². The first-order chi connectivity index (χ1) is 6.72. The van der Waals surface area contributed by atoms with Crippen molar-refractivity contribution in [2.24, 2.45) is 7.05 Å². The summed E-state index contributed by atoms with van der Waals surface area (Å²) in [6.45, 7) is 1.53. The van der Waals surface area contributed by atoms with Crippen molar-refractivity contribution in [3.63, 3.8) is 0 Å². The third kappa shape index (κ3) is 3.62. The monoisotopic (exact) mass is 195 g/mol. The van der Waals surface area contributed by atoms with Crippen molar-refractivity contribution in [3.8, 4) is 0 Å². The third-order valence-electron chi connectivity index (χ3n) is 2.03. The Hall–Kier alpha value is -1.29. The van der Waals surface area contributed by atoms with Gasteiger partial charge in [0.15, 0.2) is 0 Å². The first kappa shape index (κ1) is 10.8. The molecule has 0 saturated carbocycles. The number of hydrogen-bond donors (Lipinski definition) is 2. The number of amides is 1. The Balaban J connectivity index is 2.13. The van der Waals surface area contributed by atoms with E-state index in [1.165, 1.54) is 5.56 Å². The van der Waals surface area contributed by atoms with E-state index in [0.717, 1.165) is 6.54 Å². The van der Waals surface area contributed by atoms with Crippen LogP contribution < -0.4 is 10.6 Å². The summed E-state index contributed by atoms with van der Waals surface area (Å²) < 4.78 is 2.01. The molecule has 1 heterocycles. The fourth-order valence-electron chi connectivity index (χ4n) is 1.23. The zero-order chi connectivity index (χ0) is 10.4. The van der Waals surface area contributed by atoms with Gasteiger partial charge in [-0.15, -0.1) is 0 Å². The van der Waals surface area contributed by atoms with Crippen LogP contribution in [0.15, 0.2) is 18.5 Å². The third-order valence-corrected chi connectivity index (χ3v) is 2.03. The number of carbonyl (C=O) groups excluding carboxylic acids is 1. The van der Waals surface area contributed by atoms with E-state index < -0.39 is 0 Å².